The van der Waals surface area contributed by atoms with Gasteiger partial charge in [0.2, 0.25) is 5.91 Å². The maximum absolute atomic E-state index is 12.7. The van der Waals surface area contributed by atoms with Crippen molar-refractivity contribution < 1.29 is 14.3 Å². The van der Waals surface area contributed by atoms with Crippen LogP contribution in [0.5, 0.6) is 5.75 Å². The second-order valence-corrected chi connectivity index (χ2v) is 8.78. The highest BCUT2D eigenvalue weighted by Gasteiger charge is 2.27. The molecule has 30 heavy (non-hydrogen) atoms. The Kier molecular flexibility index (Phi) is 7.82. The summed E-state index contributed by atoms with van der Waals surface area (Å²) in [5, 5.41) is 0. The molecule has 0 radical (unpaired) electrons. The maximum atomic E-state index is 12.7. The SMILES string of the molecule is O=C(C1CCOCC1)N1CC=C(c2ccc(OCCCN3CCCCC3)cc2)CC1. The van der Waals surface area contributed by atoms with Crippen molar-refractivity contribution in [2.24, 2.45) is 5.92 Å². The molecule has 3 aliphatic rings. The summed E-state index contributed by atoms with van der Waals surface area (Å²) in [6.45, 7) is 7.41. The second-order valence-electron chi connectivity index (χ2n) is 8.78. The monoisotopic (exact) mass is 412 g/mol. The lowest BCUT2D eigenvalue weighted by Crippen LogP contribution is -2.40. The first-order valence-corrected chi connectivity index (χ1v) is 11.8. The molecular formula is C25H36N2O3. The van der Waals surface area contributed by atoms with Crippen molar-refractivity contribution in [2.45, 2.75) is 44.9 Å². The number of hydrogen-bond acceptors (Lipinski definition) is 4. The van der Waals surface area contributed by atoms with Gasteiger partial charge in [-0.15, -0.1) is 0 Å². The summed E-state index contributed by atoms with van der Waals surface area (Å²) in [4.78, 5) is 17.3. The Morgan fingerprint density at radius 1 is 1.03 bits per heavy atom. The van der Waals surface area contributed by atoms with Gasteiger partial charge in [-0.2, -0.15) is 0 Å². The summed E-state index contributed by atoms with van der Waals surface area (Å²) in [5.74, 6) is 1.41. The summed E-state index contributed by atoms with van der Waals surface area (Å²) in [5.41, 5.74) is 2.58. The highest BCUT2D eigenvalue weighted by atomic mass is 16.5. The van der Waals surface area contributed by atoms with E-state index in [2.05, 4.69) is 35.2 Å². The first kappa shape index (κ1) is 21.4. The Bertz CT molecular complexity index is 704. The first-order valence-electron chi connectivity index (χ1n) is 11.8. The van der Waals surface area contributed by atoms with Gasteiger partial charge in [0.15, 0.2) is 0 Å². The van der Waals surface area contributed by atoms with E-state index in [9.17, 15) is 4.79 Å². The lowest BCUT2D eigenvalue weighted by molar-refractivity contribution is -0.138. The molecule has 0 aliphatic carbocycles. The summed E-state index contributed by atoms with van der Waals surface area (Å²) >= 11 is 0. The molecule has 1 amide bonds. The van der Waals surface area contributed by atoms with E-state index < -0.39 is 0 Å². The fourth-order valence-electron chi connectivity index (χ4n) is 4.76. The number of rotatable bonds is 7. The zero-order chi connectivity index (χ0) is 20.6. The Balaban J connectivity index is 1.21. The fourth-order valence-corrected chi connectivity index (χ4v) is 4.76. The van der Waals surface area contributed by atoms with E-state index in [1.807, 2.05) is 4.90 Å². The van der Waals surface area contributed by atoms with Crippen LogP contribution < -0.4 is 4.74 Å². The van der Waals surface area contributed by atoms with E-state index in [0.29, 0.717) is 5.91 Å². The van der Waals surface area contributed by atoms with Gasteiger partial charge in [-0.3, -0.25) is 4.79 Å². The van der Waals surface area contributed by atoms with Crippen molar-refractivity contribution in [1.82, 2.24) is 9.80 Å². The normalized spacial score (nSPS) is 21.3. The third kappa shape index (κ3) is 5.86. The third-order valence-corrected chi connectivity index (χ3v) is 6.65. The van der Waals surface area contributed by atoms with Crippen molar-refractivity contribution in [3.8, 4) is 5.75 Å². The molecule has 2 fully saturated rings. The van der Waals surface area contributed by atoms with Crippen LogP contribution in [0.1, 0.15) is 50.5 Å². The molecule has 2 saturated heterocycles. The van der Waals surface area contributed by atoms with E-state index in [1.54, 1.807) is 0 Å². The van der Waals surface area contributed by atoms with Crippen LogP contribution in [0, 0.1) is 5.92 Å². The van der Waals surface area contributed by atoms with Crippen molar-refractivity contribution in [1.29, 1.82) is 0 Å². The zero-order valence-corrected chi connectivity index (χ0v) is 18.2. The number of likely N-dealkylation sites (tertiary alicyclic amines) is 1. The van der Waals surface area contributed by atoms with Crippen molar-refractivity contribution in [3.05, 3.63) is 35.9 Å². The highest BCUT2D eigenvalue weighted by Crippen LogP contribution is 2.26. The van der Waals surface area contributed by atoms with E-state index in [-0.39, 0.29) is 5.92 Å². The molecule has 5 nitrogen and oxygen atoms in total. The van der Waals surface area contributed by atoms with Crippen LogP contribution in [0.3, 0.4) is 0 Å². The Morgan fingerprint density at radius 2 is 1.80 bits per heavy atom. The minimum atomic E-state index is 0.153. The Hall–Kier alpha value is -1.85. The summed E-state index contributed by atoms with van der Waals surface area (Å²) in [7, 11) is 0. The summed E-state index contributed by atoms with van der Waals surface area (Å²) < 4.78 is 11.3. The topological polar surface area (TPSA) is 42.0 Å². The van der Waals surface area contributed by atoms with Crippen LogP contribution in [0.15, 0.2) is 30.3 Å². The molecule has 3 heterocycles. The minimum Gasteiger partial charge on any atom is -0.494 e. The standard InChI is InChI=1S/C25H36N2O3/c28-25(23-11-19-29-20-12-23)27-16-9-22(10-17-27)21-5-7-24(8-6-21)30-18-4-15-26-13-2-1-3-14-26/h5-9,23H,1-4,10-20H2. The van der Waals surface area contributed by atoms with Gasteiger partial charge in [-0.05, 0) is 74.9 Å². The molecule has 164 valence electrons. The molecule has 0 bridgehead atoms. The lowest BCUT2D eigenvalue weighted by atomic mass is 9.95. The maximum Gasteiger partial charge on any atom is 0.226 e. The van der Waals surface area contributed by atoms with Gasteiger partial charge < -0.3 is 19.3 Å². The first-order chi connectivity index (χ1) is 14.8. The molecule has 1 aromatic carbocycles. The average Bonchev–Trinajstić information content (AvgIpc) is 2.83. The summed E-state index contributed by atoms with van der Waals surface area (Å²) in [6.07, 6.45) is 10.0. The van der Waals surface area contributed by atoms with E-state index in [4.69, 9.17) is 9.47 Å². The molecule has 1 aromatic rings. The molecule has 0 atom stereocenters. The van der Waals surface area contributed by atoms with Crippen LogP contribution in [0.4, 0.5) is 0 Å². The van der Waals surface area contributed by atoms with E-state index >= 15 is 0 Å². The fraction of sp³-hybridized carbons (Fsp3) is 0.640. The average molecular weight is 413 g/mol. The van der Waals surface area contributed by atoms with Crippen LogP contribution in [0.25, 0.3) is 5.57 Å². The largest absolute Gasteiger partial charge is 0.494 e. The van der Waals surface area contributed by atoms with Gasteiger partial charge in [0.05, 0.1) is 6.61 Å². The molecule has 0 spiro atoms. The molecular weight excluding hydrogens is 376 g/mol. The third-order valence-electron chi connectivity index (χ3n) is 6.65. The zero-order valence-electron chi connectivity index (χ0n) is 18.2. The smallest absolute Gasteiger partial charge is 0.226 e. The van der Waals surface area contributed by atoms with Crippen molar-refractivity contribution in [3.63, 3.8) is 0 Å². The van der Waals surface area contributed by atoms with Gasteiger partial charge in [0, 0.05) is 38.8 Å². The molecule has 4 rings (SSSR count). The van der Waals surface area contributed by atoms with Gasteiger partial charge in [-0.1, -0.05) is 24.6 Å². The number of amides is 1. The number of carbonyl (C=O) groups is 1. The molecule has 3 aliphatic heterocycles. The number of carbonyl (C=O) groups excluding carboxylic acids is 1. The van der Waals surface area contributed by atoms with E-state index in [0.717, 1.165) is 70.9 Å². The van der Waals surface area contributed by atoms with E-state index in [1.165, 1.54) is 43.5 Å². The van der Waals surface area contributed by atoms with Crippen LogP contribution in [-0.4, -0.2) is 68.3 Å². The molecule has 0 saturated carbocycles. The lowest BCUT2D eigenvalue weighted by Gasteiger charge is -2.31. The number of nitrogens with zero attached hydrogens (tertiary/aromatic N) is 2. The molecule has 5 heteroatoms. The second kappa shape index (κ2) is 11.0. The summed E-state index contributed by atoms with van der Waals surface area (Å²) in [6, 6.07) is 8.47. The molecule has 0 N–H and O–H groups in total. The highest BCUT2D eigenvalue weighted by molar-refractivity contribution is 5.80. The predicted molar refractivity (Wildman–Crippen MR) is 120 cm³/mol. The van der Waals surface area contributed by atoms with Crippen LogP contribution in [-0.2, 0) is 9.53 Å². The van der Waals surface area contributed by atoms with Crippen LogP contribution >= 0.6 is 0 Å². The Labute approximate surface area is 181 Å². The minimum absolute atomic E-state index is 0.153. The van der Waals surface area contributed by atoms with Gasteiger partial charge in [0.25, 0.3) is 0 Å². The Morgan fingerprint density at radius 3 is 2.50 bits per heavy atom. The molecule has 0 aromatic heterocycles. The number of piperidine rings is 1. The van der Waals surface area contributed by atoms with Crippen molar-refractivity contribution >= 4 is 11.5 Å². The van der Waals surface area contributed by atoms with Gasteiger partial charge in [0.1, 0.15) is 5.75 Å². The van der Waals surface area contributed by atoms with Gasteiger partial charge in [-0.25, -0.2) is 0 Å². The molecule has 0 unspecified atom stereocenters. The number of ether oxygens (including phenoxy) is 2. The van der Waals surface area contributed by atoms with Gasteiger partial charge >= 0.3 is 0 Å². The quantitative estimate of drug-likeness (QED) is 0.635. The predicted octanol–water partition coefficient (Wildman–Crippen LogP) is 3.98. The van der Waals surface area contributed by atoms with Crippen molar-refractivity contribution in [2.75, 3.05) is 52.5 Å². The van der Waals surface area contributed by atoms with Crippen LogP contribution in [0.2, 0.25) is 0 Å². The number of benzene rings is 1. The number of hydrogen-bond donors (Lipinski definition) is 0.